The Morgan fingerprint density at radius 2 is 0.680 bits per heavy atom. The molecule has 0 bridgehead atoms. The Balaban J connectivity index is 1.28. The van der Waals surface area contributed by atoms with Crippen LogP contribution in [0.15, 0.2) is 48.5 Å². The molecule has 6 nitrogen and oxygen atoms in total. The molecule has 4 rings (SSSR count). The van der Waals surface area contributed by atoms with Gasteiger partial charge in [-0.25, -0.2) is 0 Å². The predicted molar refractivity (Wildman–Crippen MR) is 325 cm³/mol. The molecule has 0 N–H and O–H groups in total. The molecule has 8 heteroatoms. The van der Waals surface area contributed by atoms with E-state index >= 15 is 0 Å². The molecule has 0 aromatic heterocycles. The molecule has 0 heterocycles. The molecule has 75 heavy (non-hydrogen) atoms. The van der Waals surface area contributed by atoms with Gasteiger partial charge in [0.1, 0.15) is 11.5 Å². The van der Waals surface area contributed by atoms with Crippen molar-refractivity contribution < 1.29 is 27.1 Å². The summed E-state index contributed by atoms with van der Waals surface area (Å²) in [5.74, 6) is 3.10. The van der Waals surface area contributed by atoms with Crippen molar-refractivity contribution in [2.24, 2.45) is 17.3 Å². The minimum Gasteiger partial charge on any atom is -0.418 e. The topological polar surface area (TPSA) is 55.4 Å². The van der Waals surface area contributed by atoms with E-state index in [0.717, 1.165) is 76.1 Å². The van der Waals surface area contributed by atoms with Gasteiger partial charge in [0.05, 0.1) is 25.4 Å². The Kier molecular flexibility index (Phi) is 38.5. The normalized spacial score (nSPS) is 18.3. The fraction of sp³-hybridized carbons (Fsp3) is 0.821. The Labute approximate surface area is 467 Å². The van der Waals surface area contributed by atoms with Crippen molar-refractivity contribution >= 4 is 17.2 Å². The third-order valence-electron chi connectivity index (χ3n) is 17.1. The summed E-state index contributed by atoms with van der Waals surface area (Å²) < 4.78 is 40.1. The second kappa shape index (κ2) is 43.5. The molecule has 2 aliphatic carbocycles. The van der Waals surface area contributed by atoms with Crippen LogP contribution in [0.1, 0.15) is 310 Å². The van der Waals surface area contributed by atoms with Gasteiger partial charge in [-0.15, -0.1) is 0 Å². The smallest absolute Gasteiger partial charge is 0.418 e. The zero-order chi connectivity index (χ0) is 53.3. The average Bonchev–Trinajstić information content (AvgIpc) is 3.42. The van der Waals surface area contributed by atoms with Crippen LogP contribution in [0.3, 0.4) is 0 Å². The molecule has 0 spiro atoms. The highest BCUT2D eigenvalue weighted by atomic mass is 31.2. The van der Waals surface area contributed by atoms with Crippen LogP contribution in [0.25, 0.3) is 0 Å². The predicted octanol–water partition coefficient (Wildman–Crippen LogP) is 23.5. The largest absolute Gasteiger partial charge is 0.463 e. The van der Waals surface area contributed by atoms with Crippen LogP contribution >= 0.6 is 17.2 Å². The Morgan fingerprint density at radius 3 is 1.03 bits per heavy atom. The third kappa shape index (κ3) is 30.8. The van der Waals surface area contributed by atoms with Crippen molar-refractivity contribution in [2.45, 2.75) is 323 Å². The van der Waals surface area contributed by atoms with Gasteiger partial charge in [-0.3, -0.25) is 4.52 Å². The van der Waals surface area contributed by atoms with E-state index in [2.05, 4.69) is 90.1 Å². The second-order valence-corrected chi connectivity index (χ2v) is 26.2. The van der Waals surface area contributed by atoms with Crippen LogP contribution in [-0.4, -0.2) is 25.4 Å². The van der Waals surface area contributed by atoms with Crippen molar-refractivity contribution in [3.8, 4) is 11.5 Å². The second-order valence-electron chi connectivity index (χ2n) is 24.0. The van der Waals surface area contributed by atoms with Crippen molar-refractivity contribution in [3.63, 3.8) is 0 Å². The van der Waals surface area contributed by atoms with Gasteiger partial charge in [-0.05, 0) is 143 Å². The van der Waals surface area contributed by atoms with E-state index in [1.165, 1.54) is 229 Å². The van der Waals surface area contributed by atoms with Gasteiger partial charge in [-0.1, -0.05) is 246 Å². The first kappa shape index (κ1) is 66.3. The highest BCUT2D eigenvalue weighted by molar-refractivity contribution is 7.42. The summed E-state index contributed by atoms with van der Waals surface area (Å²) in [6, 6.07) is 17.5. The molecule has 0 radical (unpaired) electrons. The number of hydrogen-bond donors (Lipinski definition) is 0. The molecular weight excluding hydrogens is 963 g/mol. The number of unbranched alkanes of at least 4 members (excludes halogenated alkanes) is 28. The van der Waals surface area contributed by atoms with E-state index in [-0.39, 0.29) is 17.6 Å². The fourth-order valence-electron chi connectivity index (χ4n) is 11.9. The number of aryl methyl sites for hydroxylation is 2. The van der Waals surface area contributed by atoms with Crippen LogP contribution in [0, 0.1) is 17.3 Å². The molecule has 2 saturated carbocycles. The van der Waals surface area contributed by atoms with Crippen molar-refractivity contribution in [1.82, 2.24) is 0 Å². The van der Waals surface area contributed by atoms with Crippen molar-refractivity contribution in [1.29, 1.82) is 0 Å². The monoisotopic (exact) mass is 1080 g/mol. The van der Waals surface area contributed by atoms with Crippen LogP contribution in [0.4, 0.5) is 0 Å². The summed E-state index contributed by atoms with van der Waals surface area (Å²) in [7, 11) is -2.93. The molecule has 0 unspecified atom stereocenters. The van der Waals surface area contributed by atoms with Crippen LogP contribution < -0.4 is 9.05 Å². The molecule has 2 aromatic rings. The summed E-state index contributed by atoms with van der Waals surface area (Å²) in [6.45, 7) is 15.8. The minimum absolute atomic E-state index is 0.129. The highest BCUT2D eigenvalue weighted by Crippen LogP contribution is 2.53. The number of hydrogen-bond acceptors (Lipinski definition) is 6. The fourth-order valence-corrected chi connectivity index (χ4v) is 14.3. The Morgan fingerprint density at radius 1 is 0.373 bits per heavy atom. The van der Waals surface area contributed by atoms with Gasteiger partial charge in [0.2, 0.25) is 0 Å². The molecule has 2 aromatic carbocycles. The van der Waals surface area contributed by atoms with Gasteiger partial charge in [0.15, 0.2) is 0 Å². The lowest BCUT2D eigenvalue weighted by atomic mass is 9.60. The summed E-state index contributed by atoms with van der Waals surface area (Å²) in [5, 5.41) is 0. The molecule has 432 valence electrons. The third-order valence-corrected chi connectivity index (χ3v) is 19.6. The molecule has 0 amide bonds. The van der Waals surface area contributed by atoms with Crippen LogP contribution in [0.2, 0.25) is 0 Å². The SMILES string of the molecule is CCCCCCCCCCOP(OCCCCCCCCCC)OC1CCC(C(C)(C)C2CCC(OP(Oc3cccc(CCCCCCCCCC)c3)Oc3cccc(CCCCCCCCCC)c3)CC2)CC1. The molecule has 0 atom stereocenters. The standard InChI is InChI=1S/C67H118O6P2/c1-7-11-15-19-23-27-31-35-41-59-43-39-45-65(57-59)72-75(73-66-46-40-44-60(58-66)42-36-32-28-24-20-16-12-8-2)71-64-53-49-62(50-54-64)67(5,6)61-47-51-63(52-48-61)70-74(68-55-37-33-29-25-21-17-13-9-3)69-56-38-34-30-26-22-18-14-10-4/h39-40,43-46,57-58,61-64H,7-38,41-42,47-56H2,1-6H3. The maximum atomic E-state index is 6.96. The van der Waals surface area contributed by atoms with E-state index in [9.17, 15) is 0 Å². The Hall–Kier alpha value is -1.26. The lowest BCUT2D eigenvalue weighted by Gasteiger charge is -2.46. The van der Waals surface area contributed by atoms with Crippen LogP contribution in [-0.2, 0) is 30.9 Å². The summed E-state index contributed by atoms with van der Waals surface area (Å²) in [5.41, 5.74) is 2.95. The lowest BCUT2D eigenvalue weighted by molar-refractivity contribution is 0.00531. The summed E-state index contributed by atoms with van der Waals surface area (Å²) in [4.78, 5) is 0. The van der Waals surface area contributed by atoms with Crippen molar-refractivity contribution in [3.05, 3.63) is 59.7 Å². The first-order chi connectivity index (χ1) is 36.8. The molecular formula is C67H118O6P2. The lowest BCUT2D eigenvalue weighted by Crippen LogP contribution is -2.38. The van der Waals surface area contributed by atoms with Crippen LogP contribution in [0.5, 0.6) is 11.5 Å². The zero-order valence-electron chi connectivity index (χ0n) is 49.9. The van der Waals surface area contributed by atoms with Crippen molar-refractivity contribution in [2.75, 3.05) is 13.2 Å². The average molecular weight is 1080 g/mol. The maximum Gasteiger partial charge on any atom is 0.463 e. The zero-order valence-corrected chi connectivity index (χ0v) is 51.7. The Bertz CT molecular complexity index is 1520. The molecule has 2 aliphatic rings. The molecule has 0 saturated heterocycles. The maximum absolute atomic E-state index is 6.96. The minimum atomic E-state index is -1.63. The quantitative estimate of drug-likeness (QED) is 0.0486. The summed E-state index contributed by atoms with van der Waals surface area (Å²) in [6.07, 6.45) is 53.9. The highest BCUT2D eigenvalue weighted by Gasteiger charge is 2.42. The molecule has 2 fully saturated rings. The van der Waals surface area contributed by atoms with Gasteiger partial charge in [-0.2, -0.15) is 0 Å². The van der Waals surface area contributed by atoms with Gasteiger partial charge in [0.25, 0.3) is 0 Å². The van der Waals surface area contributed by atoms with E-state index < -0.39 is 17.2 Å². The van der Waals surface area contributed by atoms with E-state index in [4.69, 9.17) is 27.1 Å². The van der Waals surface area contributed by atoms with Gasteiger partial charge < -0.3 is 22.6 Å². The van der Waals surface area contributed by atoms with E-state index in [0.29, 0.717) is 11.8 Å². The van der Waals surface area contributed by atoms with Gasteiger partial charge in [0, 0.05) is 0 Å². The first-order valence-electron chi connectivity index (χ1n) is 32.6. The van der Waals surface area contributed by atoms with E-state index in [1.807, 2.05) is 0 Å². The number of rotatable bonds is 48. The summed E-state index contributed by atoms with van der Waals surface area (Å²) >= 11 is 0. The van der Waals surface area contributed by atoms with Gasteiger partial charge >= 0.3 is 17.2 Å². The number of benzene rings is 2. The van der Waals surface area contributed by atoms with E-state index in [1.54, 1.807) is 0 Å². The first-order valence-corrected chi connectivity index (χ1v) is 34.8. The molecule has 0 aliphatic heterocycles.